The van der Waals surface area contributed by atoms with Crippen LogP contribution in [0, 0.1) is 6.92 Å². The number of aromatic nitrogens is 4. The predicted molar refractivity (Wildman–Crippen MR) is 89.3 cm³/mol. The van der Waals surface area contributed by atoms with Gasteiger partial charge in [0.15, 0.2) is 0 Å². The van der Waals surface area contributed by atoms with Crippen LogP contribution in [0.5, 0.6) is 0 Å². The number of nitrogens with zero attached hydrogens (tertiary/aromatic N) is 3. The number of anilines is 2. The van der Waals surface area contributed by atoms with Crippen LogP contribution in [0.3, 0.4) is 0 Å². The SMILES string of the molecule is Cc1ccc2c(c1)nc1nc(Nc3cccc(Cl)c3Cl)[nH]n12. The molecule has 110 valence electrons. The van der Waals surface area contributed by atoms with Gasteiger partial charge in [0, 0.05) is 0 Å². The fourth-order valence-electron chi connectivity index (χ4n) is 2.38. The van der Waals surface area contributed by atoms with E-state index in [-0.39, 0.29) is 0 Å². The van der Waals surface area contributed by atoms with Gasteiger partial charge in [-0.2, -0.15) is 4.98 Å². The summed E-state index contributed by atoms with van der Waals surface area (Å²) < 4.78 is 1.83. The largest absolute Gasteiger partial charge is 0.323 e. The first-order chi connectivity index (χ1) is 10.6. The number of rotatable bonds is 2. The highest BCUT2D eigenvalue weighted by Crippen LogP contribution is 2.31. The third-order valence-electron chi connectivity index (χ3n) is 3.43. The average molecular weight is 332 g/mol. The molecule has 22 heavy (non-hydrogen) atoms. The minimum absolute atomic E-state index is 0.457. The van der Waals surface area contributed by atoms with Crippen molar-refractivity contribution in [3.8, 4) is 0 Å². The summed E-state index contributed by atoms with van der Waals surface area (Å²) in [4.78, 5) is 8.93. The maximum Gasteiger partial charge on any atom is 0.253 e. The number of hydrogen-bond acceptors (Lipinski definition) is 3. The summed E-state index contributed by atoms with van der Waals surface area (Å²) in [7, 11) is 0. The number of fused-ring (bicyclic) bond motifs is 3. The zero-order valence-electron chi connectivity index (χ0n) is 11.6. The Bertz CT molecular complexity index is 1000. The lowest BCUT2D eigenvalue weighted by molar-refractivity contribution is 1.01. The van der Waals surface area contributed by atoms with Gasteiger partial charge in [-0.3, -0.25) is 5.10 Å². The maximum atomic E-state index is 6.17. The van der Waals surface area contributed by atoms with Gasteiger partial charge in [0.25, 0.3) is 5.78 Å². The van der Waals surface area contributed by atoms with Crippen molar-refractivity contribution < 1.29 is 0 Å². The van der Waals surface area contributed by atoms with Gasteiger partial charge in [0.05, 0.1) is 26.8 Å². The first kappa shape index (κ1) is 13.4. The topological polar surface area (TPSA) is 58.0 Å². The molecule has 7 heteroatoms. The molecule has 0 atom stereocenters. The van der Waals surface area contributed by atoms with E-state index in [1.165, 1.54) is 0 Å². The van der Waals surface area contributed by atoms with Crippen LogP contribution in [0.4, 0.5) is 11.6 Å². The fourth-order valence-corrected chi connectivity index (χ4v) is 2.73. The van der Waals surface area contributed by atoms with Gasteiger partial charge < -0.3 is 5.32 Å². The second-order valence-electron chi connectivity index (χ2n) is 5.04. The van der Waals surface area contributed by atoms with Crippen molar-refractivity contribution in [1.82, 2.24) is 19.6 Å². The van der Waals surface area contributed by atoms with Gasteiger partial charge >= 0.3 is 0 Å². The fraction of sp³-hybridized carbons (Fsp3) is 0.0667. The number of H-pyrrole nitrogens is 1. The number of benzene rings is 2. The monoisotopic (exact) mass is 331 g/mol. The van der Waals surface area contributed by atoms with E-state index in [2.05, 4.69) is 20.4 Å². The molecule has 0 fully saturated rings. The minimum Gasteiger partial charge on any atom is -0.323 e. The van der Waals surface area contributed by atoms with Gasteiger partial charge in [0.2, 0.25) is 5.95 Å². The van der Waals surface area contributed by atoms with Crippen molar-refractivity contribution in [2.75, 3.05) is 5.32 Å². The second-order valence-corrected chi connectivity index (χ2v) is 5.82. The Morgan fingerprint density at radius 3 is 2.86 bits per heavy atom. The molecule has 0 unspecified atom stereocenters. The molecular weight excluding hydrogens is 321 g/mol. The summed E-state index contributed by atoms with van der Waals surface area (Å²) >= 11 is 12.2. The molecule has 2 aromatic carbocycles. The van der Waals surface area contributed by atoms with Crippen LogP contribution in [-0.2, 0) is 0 Å². The molecule has 0 bridgehead atoms. The van der Waals surface area contributed by atoms with E-state index in [4.69, 9.17) is 23.2 Å². The molecule has 2 aromatic heterocycles. The third-order valence-corrected chi connectivity index (χ3v) is 4.25. The molecule has 2 heterocycles. The number of imidazole rings is 1. The van der Waals surface area contributed by atoms with Crippen LogP contribution in [0.2, 0.25) is 10.0 Å². The number of hydrogen-bond donors (Lipinski definition) is 2. The Morgan fingerprint density at radius 2 is 2.00 bits per heavy atom. The van der Waals surface area contributed by atoms with Crippen LogP contribution in [0.1, 0.15) is 5.56 Å². The summed E-state index contributed by atoms with van der Waals surface area (Å²) in [6.45, 7) is 2.04. The Kier molecular flexibility index (Phi) is 2.99. The molecule has 5 nitrogen and oxygen atoms in total. The lowest BCUT2D eigenvalue weighted by Gasteiger charge is -2.05. The third kappa shape index (κ3) is 2.10. The first-order valence-corrected chi connectivity index (χ1v) is 7.43. The van der Waals surface area contributed by atoms with Crippen LogP contribution >= 0.6 is 23.2 Å². The van der Waals surface area contributed by atoms with Gasteiger partial charge in [-0.05, 0) is 36.8 Å². The number of nitrogens with one attached hydrogen (secondary N) is 2. The summed E-state index contributed by atoms with van der Waals surface area (Å²) in [6.07, 6.45) is 0. The normalized spacial score (nSPS) is 11.4. The maximum absolute atomic E-state index is 6.17. The van der Waals surface area contributed by atoms with Gasteiger partial charge in [-0.1, -0.05) is 35.3 Å². The quantitative estimate of drug-likeness (QED) is 0.565. The number of aryl methyl sites for hydroxylation is 1. The zero-order valence-corrected chi connectivity index (χ0v) is 13.1. The lowest BCUT2D eigenvalue weighted by Crippen LogP contribution is -1.94. The molecule has 0 saturated carbocycles. The van der Waals surface area contributed by atoms with Gasteiger partial charge in [-0.15, -0.1) is 0 Å². The van der Waals surface area contributed by atoms with E-state index in [1.807, 2.05) is 41.8 Å². The van der Waals surface area contributed by atoms with Gasteiger partial charge in [-0.25, -0.2) is 9.50 Å². The molecule has 0 spiro atoms. The molecule has 4 rings (SSSR count). The van der Waals surface area contributed by atoms with Crippen molar-refractivity contribution in [3.05, 3.63) is 52.0 Å². The van der Waals surface area contributed by atoms with E-state index in [0.717, 1.165) is 16.6 Å². The van der Waals surface area contributed by atoms with Crippen LogP contribution in [0.25, 0.3) is 16.8 Å². The summed E-state index contributed by atoms with van der Waals surface area (Å²) in [5.74, 6) is 1.15. The van der Waals surface area contributed by atoms with Crippen molar-refractivity contribution in [3.63, 3.8) is 0 Å². The molecule has 0 saturated heterocycles. The van der Waals surface area contributed by atoms with E-state index >= 15 is 0 Å². The Labute approximate surface area is 135 Å². The molecule has 0 radical (unpaired) electrons. The summed E-state index contributed by atoms with van der Waals surface area (Å²) in [5.41, 5.74) is 3.73. The summed E-state index contributed by atoms with van der Waals surface area (Å²) in [6, 6.07) is 11.5. The predicted octanol–water partition coefficient (Wildman–Crippen LogP) is 4.57. The smallest absolute Gasteiger partial charge is 0.253 e. The molecule has 0 aliphatic heterocycles. The Hall–Kier alpha value is -2.24. The highest BCUT2D eigenvalue weighted by atomic mass is 35.5. The molecule has 0 aliphatic carbocycles. The second kappa shape index (κ2) is 4.90. The molecule has 4 aromatic rings. The van der Waals surface area contributed by atoms with Crippen molar-refractivity contribution >= 4 is 51.6 Å². The minimum atomic E-state index is 0.457. The molecule has 0 aliphatic rings. The van der Waals surface area contributed by atoms with Crippen LogP contribution in [-0.4, -0.2) is 19.6 Å². The lowest BCUT2D eigenvalue weighted by atomic mass is 10.2. The number of aromatic amines is 1. The summed E-state index contributed by atoms with van der Waals surface area (Å²) in [5, 5.41) is 7.23. The highest BCUT2D eigenvalue weighted by molar-refractivity contribution is 6.43. The van der Waals surface area contributed by atoms with Gasteiger partial charge in [0.1, 0.15) is 0 Å². The molecular formula is C15H11Cl2N5. The standard InChI is InChI=1S/C15H11Cl2N5/c1-8-5-6-12-11(7-8)19-15-20-14(21-22(12)15)18-10-4-2-3-9(16)13(10)17/h2-7H,1H3,(H2,18,19,20,21). The average Bonchev–Trinajstić information content (AvgIpc) is 3.00. The Morgan fingerprint density at radius 1 is 1.14 bits per heavy atom. The molecule has 0 amide bonds. The molecule has 2 N–H and O–H groups in total. The first-order valence-electron chi connectivity index (χ1n) is 6.68. The number of halogens is 2. The Balaban J connectivity index is 1.78. The van der Waals surface area contributed by atoms with Crippen LogP contribution < -0.4 is 5.32 Å². The zero-order chi connectivity index (χ0) is 15.3. The van der Waals surface area contributed by atoms with Crippen molar-refractivity contribution in [2.24, 2.45) is 0 Å². The van der Waals surface area contributed by atoms with Crippen molar-refractivity contribution in [2.45, 2.75) is 6.92 Å². The van der Waals surface area contributed by atoms with Crippen molar-refractivity contribution in [1.29, 1.82) is 0 Å². The van der Waals surface area contributed by atoms with E-state index in [1.54, 1.807) is 6.07 Å². The van der Waals surface area contributed by atoms with E-state index in [0.29, 0.717) is 27.5 Å². The van der Waals surface area contributed by atoms with E-state index < -0.39 is 0 Å². The van der Waals surface area contributed by atoms with E-state index in [9.17, 15) is 0 Å². The van der Waals surface area contributed by atoms with Crippen LogP contribution in [0.15, 0.2) is 36.4 Å². The highest BCUT2D eigenvalue weighted by Gasteiger charge is 2.11.